The number of amides is 2. The summed E-state index contributed by atoms with van der Waals surface area (Å²) in [5.74, 6) is -0.244. The van der Waals surface area contributed by atoms with E-state index in [0.717, 1.165) is 17.7 Å². The molecule has 1 aliphatic rings. The van der Waals surface area contributed by atoms with Gasteiger partial charge in [-0.2, -0.15) is 13.2 Å². The van der Waals surface area contributed by atoms with Gasteiger partial charge < -0.3 is 20.1 Å². The number of methoxy groups -OCH3 is 2. The van der Waals surface area contributed by atoms with Gasteiger partial charge in [-0.25, -0.2) is 0 Å². The molecule has 1 heterocycles. The number of carbonyl (C=O) groups excluding carboxylic acids is 2. The molecule has 0 spiro atoms. The fraction of sp³-hybridized carbons (Fsp3) is 0.156. The van der Waals surface area contributed by atoms with Gasteiger partial charge in [0.25, 0.3) is 0 Å². The first-order valence-corrected chi connectivity index (χ1v) is 12.9. The van der Waals surface area contributed by atoms with Crippen molar-refractivity contribution in [2.24, 2.45) is 10.7 Å². The van der Waals surface area contributed by atoms with Crippen LogP contribution in [0.5, 0.6) is 11.5 Å². The number of halogens is 3. The van der Waals surface area contributed by atoms with E-state index >= 15 is 0 Å². The van der Waals surface area contributed by atoms with Crippen molar-refractivity contribution >= 4 is 23.2 Å². The largest absolute Gasteiger partial charge is 0.496 e. The first kappa shape index (κ1) is 28.4. The highest BCUT2D eigenvalue weighted by molar-refractivity contribution is 6.22. The van der Waals surface area contributed by atoms with Crippen LogP contribution in [0.3, 0.4) is 0 Å². The number of benzene rings is 4. The number of hydrogen-bond donors (Lipinski definition) is 1. The summed E-state index contributed by atoms with van der Waals surface area (Å²) in [6, 6.07) is 22.3. The van der Waals surface area contributed by atoms with Crippen LogP contribution in [0.4, 0.5) is 18.9 Å². The van der Waals surface area contributed by atoms with Gasteiger partial charge in [-0.3, -0.25) is 14.6 Å². The van der Waals surface area contributed by atoms with Gasteiger partial charge in [0.15, 0.2) is 0 Å². The van der Waals surface area contributed by atoms with Gasteiger partial charge in [-0.15, -0.1) is 0 Å². The molecule has 214 valence electrons. The van der Waals surface area contributed by atoms with Gasteiger partial charge in [0.05, 0.1) is 48.9 Å². The standard InChI is InChI=1S/C32H26F3N3O4/c1-41-25-16-24-28(30(42-2)27(25)20-7-4-3-5-8-20)29(21-9-6-10-22(15-21)31(36)40)37-17-26(39)38(24)18-19-11-13-23(14-12-19)32(33,34)35/h3-16H,17-18H2,1-2H3,(H2,36,40). The van der Waals surface area contributed by atoms with Gasteiger partial charge in [0, 0.05) is 17.2 Å². The summed E-state index contributed by atoms with van der Waals surface area (Å²) in [6.45, 7) is -0.303. The number of primary amides is 1. The van der Waals surface area contributed by atoms with E-state index in [0.29, 0.717) is 45.2 Å². The van der Waals surface area contributed by atoms with Crippen LogP contribution < -0.4 is 20.1 Å². The third-order valence-corrected chi connectivity index (χ3v) is 6.95. The Bertz CT molecular complexity index is 1680. The maximum Gasteiger partial charge on any atom is 0.416 e. The van der Waals surface area contributed by atoms with Crippen LogP contribution in [0.25, 0.3) is 11.1 Å². The lowest BCUT2D eigenvalue weighted by molar-refractivity contribution is -0.137. The molecule has 0 fully saturated rings. The Morgan fingerprint density at radius 2 is 1.60 bits per heavy atom. The SMILES string of the molecule is COc1cc2c(c(OC)c1-c1ccccc1)C(c1cccc(C(N)=O)c1)=NCC(=O)N2Cc1ccc(C(F)(F)F)cc1. The third-order valence-electron chi connectivity index (χ3n) is 6.95. The molecule has 10 heteroatoms. The van der Waals surface area contributed by atoms with Crippen molar-refractivity contribution < 1.29 is 32.2 Å². The molecular formula is C32H26F3N3O4. The number of nitrogens with two attached hydrogens (primary N) is 1. The van der Waals surface area contributed by atoms with Gasteiger partial charge in [-0.05, 0) is 35.4 Å². The molecule has 4 aromatic carbocycles. The second kappa shape index (κ2) is 11.4. The quantitative estimate of drug-likeness (QED) is 0.299. The number of fused-ring (bicyclic) bond motifs is 1. The first-order chi connectivity index (χ1) is 20.1. The molecule has 7 nitrogen and oxygen atoms in total. The Balaban J connectivity index is 1.76. The van der Waals surface area contributed by atoms with E-state index in [1.165, 1.54) is 31.3 Å². The summed E-state index contributed by atoms with van der Waals surface area (Å²) in [5.41, 5.74) is 8.63. The first-order valence-electron chi connectivity index (χ1n) is 12.9. The van der Waals surface area contributed by atoms with Crippen molar-refractivity contribution in [1.29, 1.82) is 0 Å². The fourth-order valence-corrected chi connectivity index (χ4v) is 4.96. The maximum absolute atomic E-state index is 13.6. The Morgan fingerprint density at radius 1 is 0.905 bits per heavy atom. The van der Waals surface area contributed by atoms with Crippen molar-refractivity contribution in [1.82, 2.24) is 0 Å². The second-order valence-electron chi connectivity index (χ2n) is 9.53. The van der Waals surface area contributed by atoms with Crippen LogP contribution in [0, 0.1) is 0 Å². The molecule has 0 radical (unpaired) electrons. The Hall–Kier alpha value is -5.12. The number of hydrogen-bond acceptors (Lipinski definition) is 5. The number of ether oxygens (including phenoxy) is 2. The number of alkyl halides is 3. The number of benzodiazepines with no additional fused rings is 1. The minimum Gasteiger partial charge on any atom is -0.496 e. The van der Waals surface area contributed by atoms with E-state index in [2.05, 4.69) is 4.99 Å². The van der Waals surface area contributed by atoms with Crippen LogP contribution in [0.1, 0.15) is 32.6 Å². The number of aliphatic imine (C=N–C) groups is 1. The molecule has 0 unspecified atom stereocenters. The number of nitrogens with zero attached hydrogens (tertiary/aromatic N) is 2. The minimum absolute atomic E-state index is 0.0366. The van der Waals surface area contributed by atoms with Crippen LogP contribution in [0.15, 0.2) is 89.9 Å². The van der Waals surface area contributed by atoms with Gasteiger partial charge in [-0.1, -0.05) is 54.6 Å². The molecule has 4 aromatic rings. The minimum atomic E-state index is -4.49. The molecule has 0 atom stereocenters. The van der Waals surface area contributed by atoms with Crippen molar-refractivity contribution in [2.45, 2.75) is 12.7 Å². The predicted molar refractivity (Wildman–Crippen MR) is 153 cm³/mol. The lowest BCUT2D eigenvalue weighted by Crippen LogP contribution is -2.32. The van der Waals surface area contributed by atoms with Crippen LogP contribution in [-0.2, 0) is 17.5 Å². The number of anilines is 1. The molecule has 2 N–H and O–H groups in total. The topological polar surface area (TPSA) is 94.2 Å². The van der Waals surface area contributed by atoms with Crippen molar-refractivity contribution in [3.8, 4) is 22.6 Å². The van der Waals surface area contributed by atoms with E-state index in [9.17, 15) is 22.8 Å². The molecule has 42 heavy (non-hydrogen) atoms. The number of carbonyl (C=O) groups is 2. The molecule has 0 bridgehead atoms. The highest BCUT2D eigenvalue weighted by Crippen LogP contribution is 2.47. The summed E-state index contributed by atoms with van der Waals surface area (Å²) >= 11 is 0. The van der Waals surface area contributed by atoms with Crippen LogP contribution in [0.2, 0.25) is 0 Å². The van der Waals surface area contributed by atoms with E-state index in [1.807, 2.05) is 30.3 Å². The normalized spacial score (nSPS) is 13.2. The Labute approximate surface area is 240 Å². The molecule has 0 saturated carbocycles. The van der Waals surface area contributed by atoms with Crippen molar-refractivity contribution in [2.75, 3.05) is 25.7 Å². The van der Waals surface area contributed by atoms with Crippen LogP contribution >= 0.6 is 0 Å². The zero-order chi connectivity index (χ0) is 30.0. The summed E-state index contributed by atoms with van der Waals surface area (Å²) in [7, 11) is 2.99. The average molecular weight is 574 g/mol. The molecular weight excluding hydrogens is 547 g/mol. The predicted octanol–water partition coefficient (Wildman–Crippen LogP) is 5.87. The van der Waals surface area contributed by atoms with Crippen LogP contribution in [-0.4, -0.2) is 38.3 Å². The molecule has 0 saturated heterocycles. The monoisotopic (exact) mass is 573 g/mol. The average Bonchev–Trinajstić information content (AvgIpc) is 3.12. The van der Waals surface area contributed by atoms with E-state index in [1.54, 1.807) is 30.3 Å². The van der Waals surface area contributed by atoms with Gasteiger partial charge >= 0.3 is 6.18 Å². The lowest BCUT2D eigenvalue weighted by Gasteiger charge is -2.27. The lowest BCUT2D eigenvalue weighted by atomic mass is 9.92. The molecule has 1 aliphatic heterocycles. The van der Waals surface area contributed by atoms with Crippen molar-refractivity contribution in [3.05, 3.63) is 113 Å². The smallest absolute Gasteiger partial charge is 0.416 e. The summed E-state index contributed by atoms with van der Waals surface area (Å²) in [6.07, 6.45) is -4.49. The zero-order valence-electron chi connectivity index (χ0n) is 22.7. The summed E-state index contributed by atoms with van der Waals surface area (Å²) in [5, 5.41) is 0. The molecule has 2 amide bonds. The molecule has 5 rings (SSSR count). The highest BCUT2D eigenvalue weighted by Gasteiger charge is 2.33. The zero-order valence-corrected chi connectivity index (χ0v) is 22.7. The number of rotatable bonds is 7. The van der Waals surface area contributed by atoms with Gasteiger partial charge in [0.2, 0.25) is 11.8 Å². The second-order valence-corrected chi connectivity index (χ2v) is 9.53. The summed E-state index contributed by atoms with van der Waals surface area (Å²) < 4.78 is 51.3. The van der Waals surface area contributed by atoms with E-state index in [-0.39, 0.29) is 18.7 Å². The van der Waals surface area contributed by atoms with E-state index in [4.69, 9.17) is 15.2 Å². The van der Waals surface area contributed by atoms with E-state index < -0.39 is 23.6 Å². The maximum atomic E-state index is 13.6. The Kier molecular flexibility index (Phi) is 7.71. The van der Waals surface area contributed by atoms with Crippen molar-refractivity contribution in [3.63, 3.8) is 0 Å². The molecule has 0 aromatic heterocycles. The third kappa shape index (κ3) is 5.43. The highest BCUT2D eigenvalue weighted by atomic mass is 19.4. The summed E-state index contributed by atoms with van der Waals surface area (Å²) in [4.78, 5) is 31.7. The fourth-order valence-electron chi connectivity index (χ4n) is 4.96. The Morgan fingerprint density at radius 3 is 2.21 bits per heavy atom. The van der Waals surface area contributed by atoms with Gasteiger partial charge in [0.1, 0.15) is 18.0 Å². The molecule has 0 aliphatic carbocycles.